The highest BCUT2D eigenvalue weighted by atomic mass is 16.3. The van der Waals surface area contributed by atoms with Crippen LogP contribution in [0, 0.1) is 0 Å². The van der Waals surface area contributed by atoms with Crippen molar-refractivity contribution in [1.29, 1.82) is 0 Å². The summed E-state index contributed by atoms with van der Waals surface area (Å²) in [4.78, 5) is 9.22. The fourth-order valence-corrected chi connectivity index (χ4v) is 2.95. The molecule has 1 aromatic heterocycles. The molecule has 5 heteroatoms. The Morgan fingerprint density at radius 1 is 1.26 bits per heavy atom. The fraction of sp³-hybridized carbons (Fsp3) is 0.643. The van der Waals surface area contributed by atoms with E-state index in [2.05, 4.69) is 26.2 Å². The van der Waals surface area contributed by atoms with E-state index in [0.29, 0.717) is 6.04 Å². The summed E-state index contributed by atoms with van der Waals surface area (Å²) in [6, 6.07) is 6.52. The maximum Gasteiger partial charge on any atom is 0.128 e. The second-order valence-corrected chi connectivity index (χ2v) is 5.47. The minimum absolute atomic E-state index is 0.153. The number of anilines is 1. The van der Waals surface area contributed by atoms with Crippen molar-refractivity contribution in [1.82, 2.24) is 15.2 Å². The van der Waals surface area contributed by atoms with Crippen molar-refractivity contribution < 1.29 is 5.11 Å². The van der Waals surface area contributed by atoms with Gasteiger partial charge in [0.15, 0.2) is 0 Å². The van der Waals surface area contributed by atoms with Crippen molar-refractivity contribution >= 4 is 5.82 Å². The zero-order chi connectivity index (χ0) is 13.1. The number of nitrogens with zero attached hydrogens (tertiary/aromatic N) is 3. The topological polar surface area (TPSA) is 51.6 Å². The second-order valence-electron chi connectivity index (χ2n) is 5.47. The molecule has 2 fully saturated rings. The molecule has 2 unspecified atom stereocenters. The third-order valence-corrected chi connectivity index (χ3v) is 4.02. The van der Waals surface area contributed by atoms with E-state index in [9.17, 15) is 5.11 Å². The van der Waals surface area contributed by atoms with Gasteiger partial charge in [0.25, 0.3) is 0 Å². The number of aliphatic hydroxyl groups excluding tert-OH is 1. The second kappa shape index (κ2) is 5.86. The van der Waals surface area contributed by atoms with Gasteiger partial charge < -0.3 is 15.3 Å². The van der Waals surface area contributed by atoms with Gasteiger partial charge in [-0.1, -0.05) is 6.07 Å². The van der Waals surface area contributed by atoms with Crippen LogP contribution < -0.4 is 10.2 Å². The Bertz CT molecular complexity index is 392. The number of hydrogen-bond donors (Lipinski definition) is 2. The summed E-state index contributed by atoms with van der Waals surface area (Å²) in [7, 11) is 0. The van der Waals surface area contributed by atoms with E-state index >= 15 is 0 Å². The van der Waals surface area contributed by atoms with Gasteiger partial charge in [0.2, 0.25) is 0 Å². The van der Waals surface area contributed by atoms with Gasteiger partial charge in [0.05, 0.1) is 6.10 Å². The molecule has 0 aromatic carbocycles. The molecule has 0 amide bonds. The Labute approximate surface area is 114 Å². The van der Waals surface area contributed by atoms with Gasteiger partial charge in [0, 0.05) is 51.5 Å². The summed E-state index contributed by atoms with van der Waals surface area (Å²) >= 11 is 0. The molecule has 104 valence electrons. The number of aliphatic hydroxyl groups is 1. The first kappa shape index (κ1) is 12.8. The monoisotopic (exact) mass is 262 g/mol. The molecule has 0 bridgehead atoms. The zero-order valence-electron chi connectivity index (χ0n) is 11.2. The lowest BCUT2D eigenvalue weighted by Gasteiger charge is -2.36. The van der Waals surface area contributed by atoms with Crippen molar-refractivity contribution in [3.05, 3.63) is 24.4 Å². The van der Waals surface area contributed by atoms with E-state index in [4.69, 9.17) is 0 Å². The number of nitrogens with one attached hydrogen (secondary N) is 1. The summed E-state index contributed by atoms with van der Waals surface area (Å²) < 4.78 is 0. The highest BCUT2D eigenvalue weighted by Gasteiger charge is 2.25. The normalized spacial score (nSPS) is 28.8. The molecule has 3 heterocycles. The number of aromatic nitrogens is 1. The number of rotatable bonds is 3. The van der Waals surface area contributed by atoms with Gasteiger partial charge in [-0.15, -0.1) is 0 Å². The van der Waals surface area contributed by atoms with Crippen LogP contribution in [0.3, 0.4) is 0 Å². The third-order valence-electron chi connectivity index (χ3n) is 4.02. The minimum Gasteiger partial charge on any atom is -0.392 e. The van der Waals surface area contributed by atoms with Crippen molar-refractivity contribution in [3.63, 3.8) is 0 Å². The Kier molecular flexibility index (Phi) is 3.96. The first-order valence-electron chi connectivity index (χ1n) is 7.11. The molecular weight excluding hydrogens is 240 g/mol. The molecule has 19 heavy (non-hydrogen) atoms. The van der Waals surface area contributed by atoms with Crippen LogP contribution in [0.15, 0.2) is 24.4 Å². The maximum atomic E-state index is 9.52. The van der Waals surface area contributed by atoms with Crippen LogP contribution in [0.1, 0.15) is 6.42 Å². The highest BCUT2D eigenvalue weighted by molar-refractivity contribution is 5.38. The minimum atomic E-state index is -0.153. The molecule has 2 saturated heterocycles. The largest absolute Gasteiger partial charge is 0.392 e. The van der Waals surface area contributed by atoms with Crippen molar-refractivity contribution in [3.8, 4) is 0 Å². The fourth-order valence-electron chi connectivity index (χ4n) is 2.95. The van der Waals surface area contributed by atoms with Crippen LogP contribution in [-0.2, 0) is 0 Å². The standard InChI is InChI=1S/C14H22N4O/c19-13-9-12(16-10-13)11-17-5-7-18(8-6-17)14-3-1-2-4-15-14/h1-4,12-13,16,19H,5-11H2. The summed E-state index contributed by atoms with van der Waals surface area (Å²) in [6.07, 6.45) is 2.59. The lowest BCUT2D eigenvalue weighted by Crippen LogP contribution is -2.50. The van der Waals surface area contributed by atoms with Crippen LogP contribution in [0.4, 0.5) is 5.82 Å². The SMILES string of the molecule is OC1CNC(CN2CCN(c3ccccn3)CC2)C1. The molecule has 2 aliphatic heterocycles. The quantitative estimate of drug-likeness (QED) is 0.798. The molecule has 1 aromatic rings. The molecule has 0 radical (unpaired) electrons. The Balaban J connectivity index is 1.47. The number of pyridine rings is 1. The Hall–Kier alpha value is -1.17. The number of β-amino-alcohol motifs (C(OH)–C–C–N with tert-alkyl or cyclic N) is 1. The molecule has 3 rings (SSSR count). The van der Waals surface area contributed by atoms with E-state index in [0.717, 1.165) is 51.5 Å². The van der Waals surface area contributed by atoms with Crippen LogP contribution in [-0.4, -0.2) is 66.4 Å². The van der Waals surface area contributed by atoms with Gasteiger partial charge >= 0.3 is 0 Å². The zero-order valence-corrected chi connectivity index (χ0v) is 11.2. The van der Waals surface area contributed by atoms with Crippen LogP contribution in [0.25, 0.3) is 0 Å². The predicted octanol–water partition coefficient (Wildman–Crippen LogP) is -0.0736. The van der Waals surface area contributed by atoms with Gasteiger partial charge in [-0.2, -0.15) is 0 Å². The molecule has 2 atom stereocenters. The van der Waals surface area contributed by atoms with Crippen molar-refractivity contribution in [2.45, 2.75) is 18.6 Å². The maximum absolute atomic E-state index is 9.52. The van der Waals surface area contributed by atoms with Crippen LogP contribution >= 0.6 is 0 Å². The first-order chi connectivity index (χ1) is 9.31. The number of hydrogen-bond acceptors (Lipinski definition) is 5. The molecular formula is C14H22N4O. The van der Waals surface area contributed by atoms with Crippen molar-refractivity contribution in [2.75, 3.05) is 44.2 Å². The summed E-state index contributed by atoms with van der Waals surface area (Å²) in [5.74, 6) is 1.08. The summed E-state index contributed by atoms with van der Waals surface area (Å²) in [5, 5.41) is 12.9. The van der Waals surface area contributed by atoms with E-state index < -0.39 is 0 Å². The van der Waals surface area contributed by atoms with Crippen LogP contribution in [0.2, 0.25) is 0 Å². The average Bonchev–Trinajstić information content (AvgIpc) is 2.86. The van der Waals surface area contributed by atoms with Gasteiger partial charge in [-0.3, -0.25) is 4.90 Å². The molecule has 2 N–H and O–H groups in total. The molecule has 2 aliphatic rings. The molecule has 5 nitrogen and oxygen atoms in total. The first-order valence-corrected chi connectivity index (χ1v) is 7.11. The van der Waals surface area contributed by atoms with E-state index in [1.54, 1.807) is 0 Å². The highest BCUT2D eigenvalue weighted by Crippen LogP contribution is 2.14. The van der Waals surface area contributed by atoms with Crippen LogP contribution in [0.5, 0.6) is 0 Å². The predicted molar refractivity (Wildman–Crippen MR) is 75.3 cm³/mol. The number of piperazine rings is 1. The summed E-state index contributed by atoms with van der Waals surface area (Å²) in [6.45, 7) is 6.01. The van der Waals surface area contributed by atoms with Crippen molar-refractivity contribution in [2.24, 2.45) is 0 Å². The molecule has 0 saturated carbocycles. The van der Waals surface area contributed by atoms with E-state index in [-0.39, 0.29) is 6.10 Å². The Morgan fingerprint density at radius 3 is 2.74 bits per heavy atom. The summed E-state index contributed by atoms with van der Waals surface area (Å²) in [5.41, 5.74) is 0. The van der Waals surface area contributed by atoms with Gasteiger partial charge in [-0.25, -0.2) is 4.98 Å². The third kappa shape index (κ3) is 3.23. The molecule has 0 spiro atoms. The lowest BCUT2D eigenvalue weighted by atomic mass is 10.2. The molecule has 0 aliphatic carbocycles. The lowest BCUT2D eigenvalue weighted by molar-refractivity contribution is 0.185. The van der Waals surface area contributed by atoms with Gasteiger partial charge in [-0.05, 0) is 18.6 Å². The van der Waals surface area contributed by atoms with Gasteiger partial charge in [0.1, 0.15) is 5.82 Å². The Morgan fingerprint density at radius 2 is 2.11 bits per heavy atom. The average molecular weight is 262 g/mol. The smallest absolute Gasteiger partial charge is 0.128 e. The van der Waals surface area contributed by atoms with E-state index in [1.165, 1.54) is 0 Å². The van der Waals surface area contributed by atoms with E-state index in [1.807, 2.05) is 18.3 Å².